The molecule has 29 heavy (non-hydrogen) atoms. The summed E-state index contributed by atoms with van der Waals surface area (Å²) in [7, 11) is 1.32. The van der Waals surface area contributed by atoms with Crippen LogP contribution >= 0.6 is 23.2 Å². The molecule has 0 aliphatic carbocycles. The van der Waals surface area contributed by atoms with Crippen molar-refractivity contribution < 1.29 is 9.84 Å². The number of anilines is 1. The van der Waals surface area contributed by atoms with Crippen LogP contribution < -0.4 is 10.6 Å². The minimum absolute atomic E-state index is 0.0346. The van der Waals surface area contributed by atoms with E-state index in [9.17, 15) is 5.11 Å². The van der Waals surface area contributed by atoms with Crippen LogP contribution in [0.15, 0.2) is 54.5 Å². The van der Waals surface area contributed by atoms with Gasteiger partial charge in [-0.2, -0.15) is 0 Å². The molecule has 3 aromatic rings. The molecule has 0 atom stereocenters. The van der Waals surface area contributed by atoms with Crippen LogP contribution in [-0.4, -0.2) is 41.1 Å². The van der Waals surface area contributed by atoms with Crippen molar-refractivity contribution in [3.8, 4) is 11.4 Å². The Hall–Kier alpha value is -3.03. The third kappa shape index (κ3) is 5.28. The predicted molar refractivity (Wildman–Crippen MR) is 117 cm³/mol. The molecule has 0 saturated heterocycles. The van der Waals surface area contributed by atoms with Crippen molar-refractivity contribution >= 4 is 45.8 Å². The van der Waals surface area contributed by atoms with Gasteiger partial charge in [0.2, 0.25) is 0 Å². The van der Waals surface area contributed by atoms with Gasteiger partial charge < -0.3 is 20.5 Å². The Morgan fingerprint density at radius 2 is 1.97 bits per heavy atom. The van der Waals surface area contributed by atoms with Gasteiger partial charge >= 0.3 is 0 Å². The highest BCUT2D eigenvalue weighted by Crippen LogP contribution is 2.31. The zero-order valence-electron chi connectivity index (χ0n) is 15.5. The molecule has 0 radical (unpaired) electrons. The van der Waals surface area contributed by atoms with Crippen molar-refractivity contribution in [1.82, 2.24) is 15.3 Å². The molecule has 0 unspecified atom stereocenters. The maximum absolute atomic E-state index is 9.27. The molecule has 7 nitrogen and oxygen atoms in total. The molecule has 1 aromatic heterocycles. The average Bonchev–Trinajstić information content (AvgIpc) is 2.70. The third-order valence-corrected chi connectivity index (χ3v) is 4.53. The first-order chi connectivity index (χ1) is 14.0. The van der Waals surface area contributed by atoms with Gasteiger partial charge in [0.1, 0.15) is 11.7 Å². The highest BCUT2D eigenvalue weighted by atomic mass is 35.5. The molecule has 0 bridgehead atoms. The van der Waals surface area contributed by atoms with Gasteiger partial charge in [0.15, 0.2) is 5.82 Å². The minimum Gasteiger partial charge on any atom is -0.481 e. The SMILES string of the molecule is CO/C(O)=C\C(=N)NCCNc1nc(-c2ccc(Cl)cc2Cl)nc2ccccc12. The second-order valence-corrected chi connectivity index (χ2v) is 6.83. The molecule has 0 amide bonds. The van der Waals surface area contributed by atoms with E-state index in [2.05, 4.69) is 25.3 Å². The van der Waals surface area contributed by atoms with E-state index in [4.69, 9.17) is 28.6 Å². The second kappa shape index (κ2) is 9.45. The summed E-state index contributed by atoms with van der Waals surface area (Å²) in [6, 6.07) is 12.8. The predicted octanol–water partition coefficient (Wildman–Crippen LogP) is 4.63. The number of amidine groups is 1. The Labute approximate surface area is 177 Å². The maximum atomic E-state index is 9.27. The number of aliphatic hydroxyl groups is 1. The standard InChI is InChI=1S/C20H19Cl2N5O2/c1-29-18(28)11-17(23)24-8-9-25-19-14-4-2-3-5-16(14)26-20(27-19)13-7-6-12(21)10-15(13)22/h2-7,10-11,28H,8-9H2,1H3,(H2,23,24)(H,25,26,27)/b18-11-. The molecule has 0 spiro atoms. The van der Waals surface area contributed by atoms with E-state index >= 15 is 0 Å². The van der Waals surface area contributed by atoms with E-state index in [-0.39, 0.29) is 11.8 Å². The Bertz CT molecular complexity index is 1070. The van der Waals surface area contributed by atoms with Crippen molar-refractivity contribution in [3.63, 3.8) is 0 Å². The highest BCUT2D eigenvalue weighted by molar-refractivity contribution is 6.36. The highest BCUT2D eigenvalue weighted by Gasteiger charge is 2.12. The topological polar surface area (TPSA) is 103 Å². The zero-order chi connectivity index (χ0) is 20.8. The lowest BCUT2D eigenvalue weighted by Gasteiger charge is -2.12. The smallest absolute Gasteiger partial charge is 0.280 e. The molecule has 0 saturated carbocycles. The Balaban J connectivity index is 1.81. The van der Waals surface area contributed by atoms with Gasteiger partial charge in [0.05, 0.1) is 23.7 Å². The molecule has 0 fully saturated rings. The van der Waals surface area contributed by atoms with Gasteiger partial charge in [-0.15, -0.1) is 0 Å². The Kier molecular flexibility index (Phi) is 6.74. The maximum Gasteiger partial charge on any atom is 0.280 e. The lowest BCUT2D eigenvalue weighted by atomic mass is 10.2. The monoisotopic (exact) mass is 431 g/mol. The molecular weight excluding hydrogens is 413 g/mol. The first-order valence-electron chi connectivity index (χ1n) is 8.71. The molecule has 1 heterocycles. The van der Waals surface area contributed by atoms with Crippen molar-refractivity contribution in [1.29, 1.82) is 5.41 Å². The van der Waals surface area contributed by atoms with E-state index < -0.39 is 0 Å². The van der Waals surface area contributed by atoms with Gasteiger partial charge in [-0.05, 0) is 30.3 Å². The summed E-state index contributed by atoms with van der Waals surface area (Å²) in [6.07, 6.45) is 1.18. The van der Waals surface area contributed by atoms with Gasteiger partial charge in [-0.1, -0.05) is 35.3 Å². The van der Waals surface area contributed by atoms with Gasteiger partial charge in [0, 0.05) is 29.1 Å². The summed E-state index contributed by atoms with van der Waals surface area (Å²) >= 11 is 12.3. The van der Waals surface area contributed by atoms with Crippen LogP contribution in [0.3, 0.4) is 0 Å². The molecule has 9 heteroatoms. The fourth-order valence-electron chi connectivity index (χ4n) is 2.61. The number of rotatable bonds is 7. The Morgan fingerprint density at radius 1 is 1.17 bits per heavy atom. The quantitative estimate of drug-likeness (QED) is 0.188. The lowest BCUT2D eigenvalue weighted by molar-refractivity contribution is 0.137. The number of methoxy groups -OCH3 is 1. The van der Waals surface area contributed by atoms with E-state index in [1.54, 1.807) is 18.2 Å². The molecule has 4 N–H and O–H groups in total. The van der Waals surface area contributed by atoms with Gasteiger partial charge in [-0.3, -0.25) is 5.41 Å². The molecule has 2 aromatic carbocycles. The van der Waals surface area contributed by atoms with Crippen LogP contribution in [-0.2, 0) is 4.74 Å². The van der Waals surface area contributed by atoms with Gasteiger partial charge in [-0.25, -0.2) is 9.97 Å². The normalized spacial score (nSPS) is 11.3. The lowest BCUT2D eigenvalue weighted by Crippen LogP contribution is -2.27. The van der Waals surface area contributed by atoms with E-state index in [1.165, 1.54) is 13.2 Å². The molecule has 3 rings (SSSR count). The van der Waals surface area contributed by atoms with Crippen LogP contribution in [0.2, 0.25) is 10.0 Å². The third-order valence-electron chi connectivity index (χ3n) is 3.99. The van der Waals surface area contributed by atoms with E-state index in [0.717, 1.165) is 10.9 Å². The number of para-hydroxylation sites is 1. The number of nitrogens with zero attached hydrogens (tertiary/aromatic N) is 2. The van der Waals surface area contributed by atoms with Crippen molar-refractivity contribution in [2.45, 2.75) is 0 Å². The Morgan fingerprint density at radius 3 is 2.72 bits per heavy atom. The summed E-state index contributed by atoms with van der Waals surface area (Å²) < 4.78 is 4.60. The summed E-state index contributed by atoms with van der Waals surface area (Å²) in [6.45, 7) is 0.917. The van der Waals surface area contributed by atoms with Crippen molar-refractivity contribution in [2.75, 3.05) is 25.5 Å². The summed E-state index contributed by atoms with van der Waals surface area (Å²) in [4.78, 5) is 9.25. The number of aromatic nitrogens is 2. The van der Waals surface area contributed by atoms with Crippen LogP contribution in [0.5, 0.6) is 0 Å². The summed E-state index contributed by atoms with van der Waals surface area (Å²) in [5, 5.41) is 25.0. The largest absolute Gasteiger partial charge is 0.481 e. The number of nitrogens with one attached hydrogen (secondary N) is 3. The number of hydrogen-bond acceptors (Lipinski definition) is 6. The molecule has 0 aliphatic rings. The van der Waals surface area contributed by atoms with E-state index in [1.807, 2.05) is 24.3 Å². The molecule has 150 valence electrons. The number of benzene rings is 2. The number of aliphatic hydroxyl groups excluding tert-OH is 1. The minimum atomic E-state index is -0.332. The summed E-state index contributed by atoms with van der Waals surface area (Å²) in [5.74, 6) is 0.843. The zero-order valence-corrected chi connectivity index (χ0v) is 17.1. The van der Waals surface area contributed by atoms with E-state index in [0.29, 0.717) is 40.3 Å². The molecular formula is C20H19Cl2N5O2. The second-order valence-electron chi connectivity index (χ2n) is 5.99. The van der Waals surface area contributed by atoms with Crippen molar-refractivity contribution in [2.24, 2.45) is 0 Å². The van der Waals surface area contributed by atoms with Crippen LogP contribution in [0.4, 0.5) is 5.82 Å². The average molecular weight is 432 g/mol. The van der Waals surface area contributed by atoms with Crippen molar-refractivity contribution in [3.05, 3.63) is 64.5 Å². The number of ether oxygens (including phenoxy) is 1. The van der Waals surface area contributed by atoms with Gasteiger partial charge in [0.25, 0.3) is 5.95 Å². The first kappa shape index (κ1) is 20.7. The fraction of sp³-hybridized carbons (Fsp3) is 0.150. The fourth-order valence-corrected chi connectivity index (χ4v) is 3.11. The van der Waals surface area contributed by atoms with Crippen LogP contribution in [0, 0.1) is 5.41 Å². The number of hydrogen-bond donors (Lipinski definition) is 4. The first-order valence-corrected chi connectivity index (χ1v) is 9.46. The number of halogens is 2. The molecule has 0 aliphatic heterocycles. The van der Waals surface area contributed by atoms with Crippen LogP contribution in [0.1, 0.15) is 0 Å². The van der Waals surface area contributed by atoms with Crippen LogP contribution in [0.25, 0.3) is 22.3 Å². The summed E-state index contributed by atoms with van der Waals surface area (Å²) in [5.41, 5.74) is 1.46. The number of fused-ring (bicyclic) bond motifs is 1.